The molecule has 192 valence electrons. The third kappa shape index (κ3) is 4.20. The maximum Gasteiger partial charge on any atom is 0.412 e. The van der Waals surface area contributed by atoms with Crippen molar-refractivity contribution in [3.05, 3.63) is 23.0 Å². The number of Topliss-reactive ketones (excluding diaryl/α,β-unsaturated/α-hetero) is 1. The van der Waals surface area contributed by atoms with Gasteiger partial charge < -0.3 is 14.9 Å². The van der Waals surface area contributed by atoms with E-state index in [9.17, 15) is 23.1 Å². The topological polar surface area (TPSA) is 83.8 Å². The lowest BCUT2D eigenvalue weighted by atomic mass is 9.46. The van der Waals surface area contributed by atoms with E-state index in [2.05, 4.69) is 0 Å². The summed E-state index contributed by atoms with van der Waals surface area (Å²) in [5, 5.41) is 18.6. The van der Waals surface area contributed by atoms with Gasteiger partial charge in [0.1, 0.15) is 5.60 Å². The average molecular weight is 487 g/mol. The highest BCUT2D eigenvalue weighted by Crippen LogP contribution is 2.68. The van der Waals surface area contributed by atoms with Crippen molar-refractivity contribution in [3.63, 3.8) is 0 Å². The molecule has 2 N–H and O–H groups in total. The highest BCUT2D eigenvalue weighted by Gasteiger charge is 2.66. The van der Waals surface area contributed by atoms with E-state index in [0.29, 0.717) is 50.0 Å². The van der Waals surface area contributed by atoms with Gasteiger partial charge in [0.25, 0.3) is 5.97 Å². The van der Waals surface area contributed by atoms with Gasteiger partial charge >= 0.3 is 6.18 Å². The Balaban J connectivity index is 0.000000751. The zero-order valence-corrected chi connectivity index (χ0v) is 20.7. The molecule has 0 amide bonds. The van der Waals surface area contributed by atoms with Gasteiger partial charge in [-0.3, -0.25) is 9.59 Å². The molecule has 0 aromatic rings. The number of aliphatic carboxylic acids is 1. The van der Waals surface area contributed by atoms with Crippen LogP contribution in [0.3, 0.4) is 0 Å². The molecule has 5 nitrogen and oxygen atoms in total. The normalized spacial score (nSPS) is 39.1. The van der Waals surface area contributed by atoms with Gasteiger partial charge in [0.2, 0.25) is 0 Å². The van der Waals surface area contributed by atoms with Crippen molar-refractivity contribution in [1.29, 1.82) is 0 Å². The third-order valence-corrected chi connectivity index (χ3v) is 9.24. The van der Waals surface area contributed by atoms with Crippen LogP contribution in [0.15, 0.2) is 23.0 Å². The lowest BCUT2D eigenvalue weighted by Gasteiger charge is -2.58. The quantitative estimate of drug-likeness (QED) is 0.525. The summed E-state index contributed by atoms with van der Waals surface area (Å²) in [6.45, 7) is 8.74. The molecule has 0 aromatic heterocycles. The van der Waals surface area contributed by atoms with E-state index in [-0.39, 0.29) is 30.0 Å². The molecule has 0 bridgehead atoms. The largest absolute Gasteiger partial charge is 0.498 e. The van der Waals surface area contributed by atoms with Gasteiger partial charge in [0, 0.05) is 24.3 Å². The maximum atomic E-state index is 14.2. The molecule has 4 aliphatic rings. The zero-order valence-electron chi connectivity index (χ0n) is 20.7. The first-order valence-electron chi connectivity index (χ1n) is 12.2. The first kappa shape index (κ1) is 26.8. The fourth-order valence-electron chi connectivity index (χ4n) is 7.60. The lowest BCUT2D eigenvalue weighted by molar-refractivity contribution is -0.161. The summed E-state index contributed by atoms with van der Waals surface area (Å²) in [5.74, 6) is -0.534. The molecule has 6 atom stereocenters. The monoisotopic (exact) mass is 486 g/mol. The minimum atomic E-state index is -4.39. The van der Waals surface area contributed by atoms with Crippen LogP contribution in [0.4, 0.5) is 13.2 Å². The molecule has 4 rings (SSSR count). The number of halogens is 3. The van der Waals surface area contributed by atoms with Crippen molar-refractivity contribution in [2.24, 2.45) is 28.6 Å². The number of carboxylic acids is 1. The molecule has 8 heteroatoms. The number of carbonyl (C=O) groups is 2. The summed E-state index contributed by atoms with van der Waals surface area (Å²) >= 11 is 0. The van der Waals surface area contributed by atoms with Crippen LogP contribution >= 0.6 is 0 Å². The Hall–Kier alpha value is -1.83. The zero-order chi connectivity index (χ0) is 25.7. The van der Waals surface area contributed by atoms with Crippen LogP contribution in [0, 0.1) is 28.6 Å². The predicted octanol–water partition coefficient (Wildman–Crippen LogP) is 5.82. The van der Waals surface area contributed by atoms with Gasteiger partial charge in [-0.25, -0.2) is 0 Å². The highest BCUT2D eigenvalue weighted by atomic mass is 19.4. The first-order valence-corrected chi connectivity index (χ1v) is 12.2. The molecule has 0 heterocycles. The molecule has 0 aliphatic heterocycles. The van der Waals surface area contributed by atoms with Gasteiger partial charge in [-0.15, -0.1) is 0 Å². The van der Waals surface area contributed by atoms with E-state index < -0.39 is 34.1 Å². The van der Waals surface area contributed by atoms with Gasteiger partial charge in [0.05, 0.1) is 12.4 Å². The second-order valence-electron chi connectivity index (χ2n) is 10.9. The number of carboxylic acid groups (broad SMARTS) is 1. The Morgan fingerprint density at radius 3 is 2.24 bits per heavy atom. The Morgan fingerprint density at radius 1 is 1.12 bits per heavy atom. The predicted molar refractivity (Wildman–Crippen MR) is 121 cm³/mol. The van der Waals surface area contributed by atoms with Crippen LogP contribution in [-0.4, -0.2) is 40.3 Å². The molecule has 0 saturated heterocycles. The average Bonchev–Trinajstić information content (AvgIpc) is 2.99. The Kier molecular flexibility index (Phi) is 7.08. The molecule has 34 heavy (non-hydrogen) atoms. The van der Waals surface area contributed by atoms with Crippen molar-refractivity contribution in [1.82, 2.24) is 0 Å². The second kappa shape index (κ2) is 8.99. The van der Waals surface area contributed by atoms with E-state index in [1.807, 2.05) is 20.8 Å². The Labute approximate surface area is 199 Å². The molecule has 2 saturated carbocycles. The van der Waals surface area contributed by atoms with Crippen molar-refractivity contribution in [2.45, 2.75) is 91.3 Å². The molecule has 4 aliphatic carbocycles. The Morgan fingerprint density at radius 2 is 1.71 bits per heavy atom. The van der Waals surface area contributed by atoms with Crippen molar-refractivity contribution in [3.8, 4) is 0 Å². The maximum absolute atomic E-state index is 14.2. The minimum absolute atomic E-state index is 0.0246. The van der Waals surface area contributed by atoms with Gasteiger partial charge in [-0.2, -0.15) is 13.2 Å². The molecule has 0 unspecified atom stereocenters. The molecule has 0 spiro atoms. The van der Waals surface area contributed by atoms with E-state index in [0.717, 1.165) is 13.3 Å². The van der Waals surface area contributed by atoms with E-state index >= 15 is 0 Å². The summed E-state index contributed by atoms with van der Waals surface area (Å²) in [6, 6.07) is 0. The summed E-state index contributed by atoms with van der Waals surface area (Å²) < 4.78 is 48.3. The standard InChI is InChI=1S/C24H33F3O3.C2H4O2/c1-5-30-15-6-9-21(3)17-7-10-22(4)18(8-11-23(22,29)14(2)28)16(17)13-20(19(21)12-15)24(25,26)27;1-2(3)4/h12,16-18,29H,5-11,13H2,1-4H3;1H3,(H,3,4)/t16-,17+,18+,21-,22+,23+;/m1./s1. The highest BCUT2D eigenvalue weighted by molar-refractivity contribution is 5.86. The third-order valence-electron chi connectivity index (χ3n) is 9.24. The summed E-state index contributed by atoms with van der Waals surface area (Å²) in [6.07, 6.45) is 0.952. The fourth-order valence-corrected chi connectivity index (χ4v) is 7.60. The van der Waals surface area contributed by atoms with Gasteiger partial charge in [0.15, 0.2) is 5.78 Å². The van der Waals surface area contributed by atoms with Crippen LogP contribution in [0.25, 0.3) is 0 Å². The number of aliphatic hydroxyl groups is 1. The number of carbonyl (C=O) groups excluding carboxylic acids is 1. The summed E-state index contributed by atoms with van der Waals surface area (Å²) in [7, 11) is 0. The van der Waals surface area contributed by atoms with Crippen LogP contribution in [0.5, 0.6) is 0 Å². The number of hydrogen-bond acceptors (Lipinski definition) is 4. The van der Waals surface area contributed by atoms with Crippen molar-refractivity contribution in [2.75, 3.05) is 6.61 Å². The number of hydrogen-bond donors (Lipinski definition) is 2. The van der Waals surface area contributed by atoms with E-state index in [4.69, 9.17) is 14.6 Å². The molecule has 0 aromatic carbocycles. The van der Waals surface area contributed by atoms with Gasteiger partial charge in [-0.05, 0) is 87.2 Å². The Bertz CT molecular complexity index is 903. The van der Waals surface area contributed by atoms with Crippen molar-refractivity contribution >= 4 is 11.8 Å². The smallest absolute Gasteiger partial charge is 0.412 e. The fraction of sp³-hybridized carbons (Fsp3) is 0.769. The number of ether oxygens (including phenoxy) is 1. The summed E-state index contributed by atoms with van der Waals surface area (Å²) in [4.78, 5) is 21.3. The van der Waals surface area contributed by atoms with Crippen LogP contribution in [0.2, 0.25) is 0 Å². The molecular formula is C26H37F3O5. The number of ketones is 1. The van der Waals surface area contributed by atoms with Crippen LogP contribution in [0.1, 0.15) is 79.6 Å². The van der Waals surface area contributed by atoms with Gasteiger partial charge in [-0.1, -0.05) is 13.8 Å². The van der Waals surface area contributed by atoms with E-state index in [1.54, 1.807) is 6.08 Å². The number of rotatable bonds is 3. The molecule has 0 radical (unpaired) electrons. The minimum Gasteiger partial charge on any atom is -0.498 e. The number of alkyl halides is 3. The SMILES string of the molecule is CC(=O)O.CCOC1=CC2=C(C(F)(F)F)C[C@@H]3[C@H](CC[C@@]4(C)[C@H]3CC[C@]4(O)C(C)=O)[C@@]2(C)CC1. The lowest BCUT2D eigenvalue weighted by Crippen LogP contribution is -2.57. The van der Waals surface area contributed by atoms with Crippen LogP contribution in [-0.2, 0) is 14.3 Å². The van der Waals surface area contributed by atoms with Crippen LogP contribution < -0.4 is 0 Å². The number of allylic oxidation sites excluding steroid dienone is 4. The molecule has 2 fully saturated rings. The summed E-state index contributed by atoms with van der Waals surface area (Å²) in [5.41, 5.74) is -2.63. The second-order valence-corrected chi connectivity index (χ2v) is 10.9. The van der Waals surface area contributed by atoms with Crippen molar-refractivity contribution < 1.29 is 37.7 Å². The number of fused-ring (bicyclic) bond motifs is 5. The van der Waals surface area contributed by atoms with E-state index in [1.165, 1.54) is 6.92 Å². The molecular weight excluding hydrogens is 449 g/mol. The first-order chi connectivity index (χ1) is 15.6.